The number of carbonyl (C=O) groups is 1. The van der Waals surface area contributed by atoms with Gasteiger partial charge in [-0.05, 0) is 24.1 Å². The number of pyridine rings is 2. The molecule has 0 saturated carbocycles. The van der Waals surface area contributed by atoms with E-state index in [0.29, 0.717) is 22.5 Å². The standard InChI is InChI=1S/C15H13N3O3/c1-8(2)13-12-9(15(19)20)7-11(17-14(12)21-18-13)10-5-3-4-6-16-10/h3-8H,1-2H3,(H,19,20). The maximum Gasteiger partial charge on any atom is 0.336 e. The quantitative estimate of drug-likeness (QED) is 0.794. The fourth-order valence-corrected chi connectivity index (χ4v) is 2.18. The van der Waals surface area contributed by atoms with Gasteiger partial charge in [-0.1, -0.05) is 25.1 Å². The molecular formula is C15H13N3O3. The summed E-state index contributed by atoms with van der Waals surface area (Å²) in [5, 5.41) is 13.9. The normalized spacial score (nSPS) is 11.2. The van der Waals surface area contributed by atoms with Gasteiger partial charge >= 0.3 is 5.97 Å². The van der Waals surface area contributed by atoms with Crippen molar-refractivity contribution in [1.82, 2.24) is 15.1 Å². The third-order valence-electron chi connectivity index (χ3n) is 3.18. The van der Waals surface area contributed by atoms with Crippen LogP contribution in [0.4, 0.5) is 0 Å². The molecule has 1 N–H and O–H groups in total. The number of aromatic nitrogens is 3. The molecule has 106 valence electrons. The third kappa shape index (κ3) is 2.24. The van der Waals surface area contributed by atoms with E-state index in [2.05, 4.69) is 15.1 Å². The Labute approximate surface area is 120 Å². The Hall–Kier alpha value is -2.76. The van der Waals surface area contributed by atoms with Crippen LogP contribution < -0.4 is 0 Å². The first kappa shape index (κ1) is 13.2. The molecule has 0 aromatic carbocycles. The summed E-state index contributed by atoms with van der Waals surface area (Å²) in [6.45, 7) is 3.85. The van der Waals surface area contributed by atoms with Crippen molar-refractivity contribution >= 4 is 17.1 Å². The average Bonchev–Trinajstić information content (AvgIpc) is 2.91. The molecule has 6 heteroatoms. The van der Waals surface area contributed by atoms with Gasteiger partial charge in [0.2, 0.25) is 0 Å². The minimum atomic E-state index is -1.04. The molecule has 0 unspecified atom stereocenters. The highest BCUT2D eigenvalue weighted by molar-refractivity contribution is 6.03. The van der Waals surface area contributed by atoms with Crippen LogP contribution in [-0.4, -0.2) is 26.2 Å². The van der Waals surface area contributed by atoms with Crippen LogP contribution in [0, 0.1) is 0 Å². The molecule has 3 aromatic heterocycles. The van der Waals surface area contributed by atoms with Gasteiger partial charge in [-0.3, -0.25) is 4.98 Å². The van der Waals surface area contributed by atoms with Crippen LogP contribution in [-0.2, 0) is 0 Å². The van der Waals surface area contributed by atoms with E-state index in [1.165, 1.54) is 6.07 Å². The van der Waals surface area contributed by atoms with Crippen LogP contribution in [0.25, 0.3) is 22.5 Å². The average molecular weight is 283 g/mol. The lowest BCUT2D eigenvalue weighted by Crippen LogP contribution is -2.02. The van der Waals surface area contributed by atoms with Gasteiger partial charge in [-0.15, -0.1) is 0 Å². The number of aromatic carboxylic acids is 1. The van der Waals surface area contributed by atoms with Crippen molar-refractivity contribution in [3.8, 4) is 11.4 Å². The van der Waals surface area contributed by atoms with E-state index in [4.69, 9.17) is 4.52 Å². The SMILES string of the molecule is CC(C)c1noc2nc(-c3ccccn3)cc(C(=O)O)c12. The fraction of sp³-hybridized carbons (Fsp3) is 0.200. The molecule has 3 rings (SSSR count). The zero-order valence-corrected chi connectivity index (χ0v) is 11.6. The Morgan fingerprint density at radius 3 is 2.71 bits per heavy atom. The molecule has 3 heterocycles. The van der Waals surface area contributed by atoms with Crippen LogP contribution in [0.1, 0.15) is 35.8 Å². The van der Waals surface area contributed by atoms with Gasteiger partial charge in [0.05, 0.1) is 28.0 Å². The van der Waals surface area contributed by atoms with Gasteiger partial charge in [0.1, 0.15) is 0 Å². The minimum Gasteiger partial charge on any atom is -0.478 e. The lowest BCUT2D eigenvalue weighted by Gasteiger charge is -2.04. The van der Waals surface area contributed by atoms with E-state index in [0.717, 1.165) is 0 Å². The maximum absolute atomic E-state index is 11.6. The van der Waals surface area contributed by atoms with Gasteiger partial charge in [0.15, 0.2) is 0 Å². The molecule has 6 nitrogen and oxygen atoms in total. The number of fused-ring (bicyclic) bond motifs is 1. The topological polar surface area (TPSA) is 89.1 Å². The monoisotopic (exact) mass is 283 g/mol. The minimum absolute atomic E-state index is 0.0480. The first-order chi connectivity index (χ1) is 10.1. The highest BCUT2D eigenvalue weighted by Gasteiger charge is 2.22. The van der Waals surface area contributed by atoms with Crippen molar-refractivity contribution in [2.24, 2.45) is 0 Å². The molecule has 21 heavy (non-hydrogen) atoms. The number of hydrogen-bond donors (Lipinski definition) is 1. The summed E-state index contributed by atoms with van der Waals surface area (Å²) in [5.41, 5.74) is 1.99. The van der Waals surface area contributed by atoms with E-state index in [-0.39, 0.29) is 17.2 Å². The zero-order chi connectivity index (χ0) is 15.0. The molecule has 0 bridgehead atoms. The Morgan fingerprint density at radius 1 is 1.29 bits per heavy atom. The number of carboxylic acid groups (broad SMARTS) is 1. The Bertz CT molecular complexity index is 810. The number of rotatable bonds is 3. The fourth-order valence-electron chi connectivity index (χ4n) is 2.18. The summed E-state index contributed by atoms with van der Waals surface area (Å²) < 4.78 is 5.21. The van der Waals surface area contributed by atoms with Gasteiger partial charge in [0, 0.05) is 6.20 Å². The van der Waals surface area contributed by atoms with Gasteiger partial charge < -0.3 is 9.63 Å². The molecule has 0 spiro atoms. The third-order valence-corrected chi connectivity index (χ3v) is 3.18. The second-order valence-electron chi connectivity index (χ2n) is 4.98. The second kappa shape index (κ2) is 4.97. The zero-order valence-electron chi connectivity index (χ0n) is 11.6. The van der Waals surface area contributed by atoms with Crippen molar-refractivity contribution in [3.63, 3.8) is 0 Å². The molecule has 0 aliphatic heterocycles. The lowest BCUT2D eigenvalue weighted by molar-refractivity contribution is 0.0699. The highest BCUT2D eigenvalue weighted by Crippen LogP contribution is 2.29. The highest BCUT2D eigenvalue weighted by atomic mass is 16.5. The van der Waals surface area contributed by atoms with Crippen molar-refractivity contribution in [2.75, 3.05) is 0 Å². The maximum atomic E-state index is 11.6. The molecular weight excluding hydrogens is 270 g/mol. The van der Waals surface area contributed by atoms with Crippen LogP contribution in [0.5, 0.6) is 0 Å². The summed E-state index contributed by atoms with van der Waals surface area (Å²) in [4.78, 5) is 20.1. The Kier molecular flexibility index (Phi) is 3.13. The molecule has 0 aliphatic rings. The second-order valence-corrected chi connectivity index (χ2v) is 4.98. The summed E-state index contributed by atoms with van der Waals surface area (Å²) in [7, 11) is 0. The predicted molar refractivity (Wildman–Crippen MR) is 76.1 cm³/mol. The van der Waals surface area contributed by atoms with Crippen molar-refractivity contribution in [2.45, 2.75) is 19.8 Å². The first-order valence-corrected chi connectivity index (χ1v) is 6.53. The van der Waals surface area contributed by atoms with E-state index >= 15 is 0 Å². The van der Waals surface area contributed by atoms with Crippen LogP contribution >= 0.6 is 0 Å². The van der Waals surface area contributed by atoms with Crippen LogP contribution in [0.3, 0.4) is 0 Å². The smallest absolute Gasteiger partial charge is 0.336 e. The molecule has 0 saturated heterocycles. The molecule has 0 aliphatic carbocycles. The Morgan fingerprint density at radius 2 is 2.10 bits per heavy atom. The number of nitrogens with zero attached hydrogens (tertiary/aromatic N) is 3. The summed E-state index contributed by atoms with van der Waals surface area (Å²) >= 11 is 0. The predicted octanol–water partition coefficient (Wildman–Crippen LogP) is 3.11. The first-order valence-electron chi connectivity index (χ1n) is 6.53. The molecule has 0 fully saturated rings. The van der Waals surface area contributed by atoms with E-state index < -0.39 is 5.97 Å². The summed E-state index contributed by atoms with van der Waals surface area (Å²) in [6.07, 6.45) is 1.63. The van der Waals surface area contributed by atoms with E-state index in [9.17, 15) is 9.90 Å². The van der Waals surface area contributed by atoms with Gasteiger partial charge in [0.25, 0.3) is 5.71 Å². The van der Waals surface area contributed by atoms with Crippen molar-refractivity contribution < 1.29 is 14.4 Å². The van der Waals surface area contributed by atoms with Gasteiger partial charge in [-0.2, -0.15) is 0 Å². The van der Waals surface area contributed by atoms with E-state index in [1.807, 2.05) is 19.9 Å². The molecule has 0 radical (unpaired) electrons. The van der Waals surface area contributed by atoms with Gasteiger partial charge in [-0.25, -0.2) is 9.78 Å². The van der Waals surface area contributed by atoms with E-state index in [1.54, 1.807) is 18.3 Å². The van der Waals surface area contributed by atoms with Crippen LogP contribution in [0.15, 0.2) is 35.0 Å². The van der Waals surface area contributed by atoms with Crippen molar-refractivity contribution in [3.05, 3.63) is 41.7 Å². The summed E-state index contributed by atoms with van der Waals surface area (Å²) in [5.74, 6) is -0.989. The number of carboxylic acids is 1. The molecule has 0 amide bonds. The van der Waals surface area contributed by atoms with Crippen molar-refractivity contribution in [1.29, 1.82) is 0 Å². The largest absolute Gasteiger partial charge is 0.478 e. The lowest BCUT2D eigenvalue weighted by atomic mass is 10.0. The summed E-state index contributed by atoms with van der Waals surface area (Å²) in [6, 6.07) is 6.87. The molecule has 3 aromatic rings. The molecule has 0 atom stereocenters. The van der Waals surface area contributed by atoms with Crippen LogP contribution in [0.2, 0.25) is 0 Å². The number of hydrogen-bond acceptors (Lipinski definition) is 5. The Balaban J connectivity index is 2.30.